The second-order valence-electron chi connectivity index (χ2n) is 27.2. The van der Waals surface area contributed by atoms with Gasteiger partial charge in [-0.2, -0.15) is 0 Å². The molecule has 0 heterocycles. The van der Waals surface area contributed by atoms with Crippen molar-refractivity contribution < 1.29 is 75.8 Å². The molecule has 0 aromatic rings. The standard InChI is InChI=1S/C85H148O16P2/c1-4-7-10-13-16-19-22-25-27-29-31-33-35-37-39-41-43-45-47-49-51-54-56-59-62-65-68-71-83(88)95-74-80(86)75-97-102(91,92)98-76-81(87)77-99-103(93,94)100-79-82(101-85(90)73-70-67-64-61-58-53-24-21-18-15-12-9-6-3)78-96-84(89)72-69-66-63-60-57-55-52-50-48-46-44-42-40-38-36-34-32-30-28-26-23-20-17-14-11-8-5-2/h7-8,10-11,16-17,19-20,25-28,31-34,37-40,80-82,86-87H,4-6,9,12-15,18,21-24,29-30,35-36,41-79H2,1-3H3,(H,91,92)(H,93,94)/b10-7-,11-8-,19-16-,20-17-,27-25-,28-26-,33-31-,34-32-,39-37-,40-38-. The van der Waals surface area contributed by atoms with Crippen molar-refractivity contribution in [3.63, 3.8) is 0 Å². The maximum absolute atomic E-state index is 13.0. The lowest BCUT2D eigenvalue weighted by Crippen LogP contribution is -2.30. The molecule has 4 N–H and O–H groups in total. The molecular formula is C85H148O16P2. The van der Waals surface area contributed by atoms with Gasteiger partial charge in [0.1, 0.15) is 25.4 Å². The summed E-state index contributed by atoms with van der Waals surface area (Å²) in [5.74, 6) is -1.57. The molecule has 5 atom stereocenters. The van der Waals surface area contributed by atoms with Crippen molar-refractivity contribution in [2.75, 3.05) is 39.6 Å². The van der Waals surface area contributed by atoms with Crippen LogP contribution in [0.1, 0.15) is 342 Å². The summed E-state index contributed by atoms with van der Waals surface area (Å²) in [6.07, 6.45) is 92.4. The number of unbranched alkanes of at least 4 members (excludes halogenated alkanes) is 34. The SMILES string of the molecule is CC/C=C\C/C=C\C/C=C\C/C=C\C/C=C\CCCCCCCCCCCCCC(=O)OCC(O)COP(=O)(O)OCC(O)COP(=O)(O)OCC(COC(=O)CCCCCCCCCCCCC/C=C\C/C=C\C/C=C\C/C=C\C/C=C\CC)OC(=O)CCCCCCCCCCCCCCC. The first-order valence-electron chi connectivity index (χ1n) is 40.8. The summed E-state index contributed by atoms with van der Waals surface area (Å²) in [6.45, 7) is 2.48. The van der Waals surface area contributed by atoms with Crippen LogP contribution < -0.4 is 0 Å². The maximum Gasteiger partial charge on any atom is 0.472 e. The van der Waals surface area contributed by atoms with Crippen LogP contribution >= 0.6 is 15.6 Å². The van der Waals surface area contributed by atoms with Gasteiger partial charge in [-0.15, -0.1) is 0 Å². The number of esters is 3. The van der Waals surface area contributed by atoms with Gasteiger partial charge in [-0.1, -0.05) is 335 Å². The number of carbonyl (C=O) groups excluding carboxylic acids is 3. The van der Waals surface area contributed by atoms with E-state index in [1.807, 2.05) is 0 Å². The summed E-state index contributed by atoms with van der Waals surface area (Å²) in [7, 11) is -9.79. The number of hydrogen-bond acceptors (Lipinski definition) is 14. The number of phosphoric acid groups is 2. The first-order valence-corrected chi connectivity index (χ1v) is 43.8. The Kier molecular flexibility index (Phi) is 74.5. The van der Waals surface area contributed by atoms with E-state index in [2.05, 4.69) is 142 Å². The number of aliphatic hydroxyl groups is 2. The fourth-order valence-electron chi connectivity index (χ4n) is 11.0. The van der Waals surface area contributed by atoms with Gasteiger partial charge >= 0.3 is 33.6 Å². The Balaban J connectivity index is 4.50. The summed E-state index contributed by atoms with van der Waals surface area (Å²) in [6, 6.07) is 0. The third kappa shape index (κ3) is 78.8. The molecule has 18 heteroatoms. The van der Waals surface area contributed by atoms with Crippen molar-refractivity contribution in [3.8, 4) is 0 Å². The van der Waals surface area contributed by atoms with E-state index in [4.69, 9.17) is 32.3 Å². The average molecular weight is 1490 g/mol. The summed E-state index contributed by atoms with van der Waals surface area (Å²) in [5.41, 5.74) is 0. The molecule has 0 rings (SSSR count). The molecule has 0 saturated heterocycles. The van der Waals surface area contributed by atoms with Crippen molar-refractivity contribution in [3.05, 3.63) is 122 Å². The van der Waals surface area contributed by atoms with Crippen LogP contribution in [-0.4, -0.2) is 95.9 Å². The topological polar surface area (TPSA) is 231 Å². The molecule has 0 radical (unpaired) electrons. The van der Waals surface area contributed by atoms with Crippen LogP contribution in [-0.2, 0) is 55.8 Å². The molecule has 0 aliphatic carbocycles. The first-order chi connectivity index (χ1) is 50.2. The molecule has 103 heavy (non-hydrogen) atoms. The second-order valence-corrected chi connectivity index (χ2v) is 30.1. The lowest BCUT2D eigenvalue weighted by Gasteiger charge is -2.21. The van der Waals surface area contributed by atoms with Crippen LogP contribution in [0, 0.1) is 0 Å². The first kappa shape index (κ1) is 98.9. The van der Waals surface area contributed by atoms with Crippen LogP contribution in [0.5, 0.6) is 0 Å². The highest BCUT2D eigenvalue weighted by molar-refractivity contribution is 7.47. The van der Waals surface area contributed by atoms with Gasteiger partial charge < -0.3 is 34.2 Å². The minimum Gasteiger partial charge on any atom is -0.463 e. The Morgan fingerprint density at radius 2 is 0.515 bits per heavy atom. The lowest BCUT2D eigenvalue weighted by molar-refractivity contribution is -0.161. The zero-order valence-electron chi connectivity index (χ0n) is 65.0. The molecule has 0 fully saturated rings. The number of ether oxygens (including phenoxy) is 3. The second kappa shape index (κ2) is 77.6. The zero-order chi connectivity index (χ0) is 75.2. The minimum absolute atomic E-state index is 0.107. The third-order valence-corrected chi connectivity index (χ3v) is 19.1. The Morgan fingerprint density at radius 3 is 0.816 bits per heavy atom. The minimum atomic E-state index is -4.93. The van der Waals surface area contributed by atoms with E-state index in [1.165, 1.54) is 135 Å². The molecule has 0 aliphatic heterocycles. The molecule has 0 saturated carbocycles. The summed E-state index contributed by atoms with van der Waals surface area (Å²) in [5, 5.41) is 20.6. The van der Waals surface area contributed by atoms with Crippen molar-refractivity contribution in [1.29, 1.82) is 0 Å². The van der Waals surface area contributed by atoms with Gasteiger partial charge in [0.15, 0.2) is 6.10 Å². The van der Waals surface area contributed by atoms with Gasteiger partial charge in [0, 0.05) is 19.3 Å². The number of hydrogen-bond donors (Lipinski definition) is 4. The largest absolute Gasteiger partial charge is 0.472 e. The smallest absolute Gasteiger partial charge is 0.463 e. The maximum atomic E-state index is 13.0. The monoisotopic (exact) mass is 1490 g/mol. The highest BCUT2D eigenvalue weighted by Crippen LogP contribution is 2.45. The highest BCUT2D eigenvalue weighted by atomic mass is 31.2. The van der Waals surface area contributed by atoms with E-state index in [-0.39, 0.29) is 19.3 Å². The molecule has 0 bridgehead atoms. The van der Waals surface area contributed by atoms with E-state index >= 15 is 0 Å². The van der Waals surface area contributed by atoms with E-state index in [0.717, 1.165) is 148 Å². The fraction of sp³-hybridized carbons (Fsp3) is 0.729. The molecule has 0 aromatic heterocycles. The van der Waals surface area contributed by atoms with Crippen LogP contribution in [0.15, 0.2) is 122 Å². The number of allylic oxidation sites excluding steroid dienone is 20. The summed E-state index contributed by atoms with van der Waals surface area (Å²) >= 11 is 0. The Labute approximate surface area is 627 Å². The molecule has 0 spiro atoms. The van der Waals surface area contributed by atoms with Crippen LogP contribution in [0.3, 0.4) is 0 Å². The van der Waals surface area contributed by atoms with Crippen LogP contribution in [0.2, 0.25) is 0 Å². The fourth-order valence-corrected chi connectivity index (χ4v) is 12.6. The van der Waals surface area contributed by atoms with E-state index in [0.29, 0.717) is 19.3 Å². The molecule has 16 nitrogen and oxygen atoms in total. The Bertz CT molecular complexity index is 2360. The van der Waals surface area contributed by atoms with Gasteiger partial charge in [-0.05, 0) is 109 Å². The highest BCUT2D eigenvalue weighted by Gasteiger charge is 2.29. The molecule has 0 aromatic carbocycles. The van der Waals surface area contributed by atoms with Crippen molar-refractivity contribution >= 4 is 33.6 Å². The Hall–Kier alpha value is -4.05. The average Bonchev–Trinajstić information content (AvgIpc) is 0.924. The summed E-state index contributed by atoms with van der Waals surface area (Å²) in [4.78, 5) is 58.7. The quantitative estimate of drug-likeness (QED) is 0.0146. The zero-order valence-corrected chi connectivity index (χ0v) is 66.7. The number of rotatable bonds is 77. The number of aliphatic hydroxyl groups excluding tert-OH is 2. The van der Waals surface area contributed by atoms with Gasteiger partial charge in [-0.25, -0.2) is 9.13 Å². The van der Waals surface area contributed by atoms with E-state index in [1.54, 1.807) is 0 Å². The molecule has 5 unspecified atom stereocenters. The normalized spacial score (nSPS) is 14.6. The molecule has 594 valence electrons. The van der Waals surface area contributed by atoms with Gasteiger partial charge in [0.2, 0.25) is 0 Å². The predicted molar refractivity (Wildman–Crippen MR) is 427 cm³/mol. The predicted octanol–water partition coefficient (Wildman–Crippen LogP) is 24.1. The molecular weight excluding hydrogens is 1340 g/mol. The molecule has 0 amide bonds. The summed E-state index contributed by atoms with van der Waals surface area (Å²) < 4.78 is 61.2. The van der Waals surface area contributed by atoms with Crippen molar-refractivity contribution in [2.24, 2.45) is 0 Å². The van der Waals surface area contributed by atoms with Crippen molar-refractivity contribution in [1.82, 2.24) is 0 Å². The Morgan fingerprint density at radius 1 is 0.282 bits per heavy atom. The third-order valence-electron chi connectivity index (χ3n) is 17.2. The van der Waals surface area contributed by atoms with Crippen LogP contribution in [0.25, 0.3) is 0 Å². The van der Waals surface area contributed by atoms with E-state index in [9.17, 15) is 43.5 Å². The van der Waals surface area contributed by atoms with Gasteiger partial charge in [0.05, 0.1) is 26.4 Å². The molecule has 0 aliphatic rings. The number of carbonyl (C=O) groups is 3. The van der Waals surface area contributed by atoms with E-state index < -0.39 is 91.5 Å². The number of phosphoric ester groups is 2. The van der Waals surface area contributed by atoms with Crippen molar-refractivity contribution in [2.45, 2.75) is 360 Å². The van der Waals surface area contributed by atoms with Gasteiger partial charge in [0.25, 0.3) is 0 Å². The van der Waals surface area contributed by atoms with Crippen LogP contribution in [0.4, 0.5) is 0 Å². The van der Waals surface area contributed by atoms with Gasteiger partial charge in [-0.3, -0.25) is 32.5 Å². The lowest BCUT2D eigenvalue weighted by atomic mass is 10.0.